The Morgan fingerprint density at radius 1 is 0.730 bits per heavy atom. The molecular formula is C25H13Cl5N2O5. The highest BCUT2D eigenvalue weighted by Gasteiger charge is 2.58. The van der Waals surface area contributed by atoms with Crippen LogP contribution in [0.1, 0.15) is 37.9 Å². The SMILES string of the molecule is Cc1cc(Cl)ccc1N1C(=O)C(N2C(=O)c3c(Cl)c(Cl)c(Cl)c(Cl)c3C2=O)C1c1ccc2c(c1)OCO2. The summed E-state index contributed by atoms with van der Waals surface area (Å²) >= 11 is 31.1. The highest BCUT2D eigenvalue weighted by Crippen LogP contribution is 2.50. The average Bonchev–Trinajstić information content (AvgIpc) is 3.43. The monoisotopic (exact) mass is 596 g/mol. The summed E-state index contributed by atoms with van der Waals surface area (Å²) in [5, 5.41) is -0.210. The Bertz CT molecular complexity index is 1530. The molecule has 6 rings (SSSR count). The number of imide groups is 1. The molecule has 0 bridgehead atoms. The predicted octanol–water partition coefficient (Wildman–Crippen LogP) is 6.74. The molecule has 3 aliphatic heterocycles. The molecule has 0 aliphatic carbocycles. The van der Waals surface area contributed by atoms with Crippen LogP contribution in [0.25, 0.3) is 0 Å². The standard InChI is InChI=1S/C25H13Cl5N2O5/c1-9-6-11(26)3-4-12(9)31-21(10-2-5-13-14(7-10)37-8-36-13)22(25(31)35)32-23(33)15-16(24(32)34)18(28)20(30)19(29)17(15)27/h2-7,21-22H,8H2,1H3. The quantitative estimate of drug-likeness (QED) is 0.144. The molecule has 188 valence electrons. The molecule has 3 heterocycles. The fraction of sp³-hybridized carbons (Fsp3) is 0.160. The van der Waals surface area contributed by atoms with Gasteiger partial charge in [0.15, 0.2) is 11.5 Å². The number of β-lactam (4-membered cyclic amide) rings is 1. The molecule has 3 amide bonds. The molecule has 0 saturated carbocycles. The van der Waals surface area contributed by atoms with Crippen molar-refractivity contribution in [3.05, 3.63) is 83.8 Å². The van der Waals surface area contributed by atoms with Crippen LogP contribution in [0.15, 0.2) is 36.4 Å². The number of fused-ring (bicyclic) bond motifs is 2. The first-order chi connectivity index (χ1) is 17.6. The van der Waals surface area contributed by atoms with Gasteiger partial charge in [0.05, 0.1) is 37.3 Å². The van der Waals surface area contributed by atoms with Gasteiger partial charge in [0.1, 0.15) is 6.04 Å². The van der Waals surface area contributed by atoms with Gasteiger partial charge >= 0.3 is 0 Å². The summed E-state index contributed by atoms with van der Waals surface area (Å²) < 4.78 is 10.9. The molecule has 37 heavy (non-hydrogen) atoms. The van der Waals surface area contributed by atoms with Gasteiger partial charge in [-0.25, -0.2) is 0 Å². The lowest BCUT2D eigenvalue weighted by Gasteiger charge is -2.50. The number of halogens is 5. The summed E-state index contributed by atoms with van der Waals surface area (Å²) in [6.45, 7) is 1.87. The number of carbonyl (C=O) groups is 3. The second kappa shape index (κ2) is 8.68. The van der Waals surface area contributed by atoms with Crippen LogP contribution < -0.4 is 14.4 Å². The van der Waals surface area contributed by atoms with Gasteiger partial charge in [-0.3, -0.25) is 19.3 Å². The number of aryl methyl sites for hydroxylation is 1. The molecule has 12 heteroatoms. The van der Waals surface area contributed by atoms with E-state index in [4.69, 9.17) is 67.5 Å². The average molecular weight is 599 g/mol. The maximum absolute atomic E-state index is 13.7. The molecule has 3 aromatic rings. The van der Waals surface area contributed by atoms with E-state index in [9.17, 15) is 14.4 Å². The normalized spacial score (nSPS) is 20.0. The molecule has 1 fully saturated rings. The highest BCUT2D eigenvalue weighted by molar-refractivity contribution is 6.55. The smallest absolute Gasteiger partial charge is 0.264 e. The molecule has 1 saturated heterocycles. The van der Waals surface area contributed by atoms with E-state index >= 15 is 0 Å². The van der Waals surface area contributed by atoms with Gasteiger partial charge in [-0.15, -0.1) is 0 Å². The summed E-state index contributed by atoms with van der Waals surface area (Å²) in [6.07, 6.45) is 0. The number of anilines is 1. The van der Waals surface area contributed by atoms with E-state index in [1.807, 2.05) is 6.92 Å². The van der Waals surface area contributed by atoms with Gasteiger partial charge in [0.25, 0.3) is 17.7 Å². The number of rotatable bonds is 3. The van der Waals surface area contributed by atoms with E-state index in [1.54, 1.807) is 36.4 Å². The number of hydrogen-bond acceptors (Lipinski definition) is 5. The van der Waals surface area contributed by atoms with Crippen molar-refractivity contribution in [2.75, 3.05) is 11.7 Å². The van der Waals surface area contributed by atoms with E-state index in [1.165, 1.54) is 4.90 Å². The summed E-state index contributed by atoms with van der Waals surface area (Å²) in [7, 11) is 0. The Hall–Kier alpha value is -2.68. The maximum Gasteiger partial charge on any atom is 0.264 e. The van der Waals surface area contributed by atoms with Crippen LogP contribution in [0.4, 0.5) is 5.69 Å². The summed E-state index contributed by atoms with van der Waals surface area (Å²) in [4.78, 5) is 43.2. The lowest BCUT2D eigenvalue weighted by molar-refractivity contribution is -0.130. The number of carbonyl (C=O) groups excluding carboxylic acids is 3. The number of hydrogen-bond donors (Lipinski definition) is 0. The van der Waals surface area contributed by atoms with Gasteiger partial charge in [-0.1, -0.05) is 64.1 Å². The summed E-state index contributed by atoms with van der Waals surface area (Å²) in [5.41, 5.74) is 1.55. The van der Waals surface area contributed by atoms with Gasteiger partial charge in [0, 0.05) is 10.7 Å². The third kappa shape index (κ3) is 3.45. The highest BCUT2D eigenvalue weighted by atomic mass is 35.5. The van der Waals surface area contributed by atoms with Crippen LogP contribution in [-0.4, -0.2) is 35.5 Å². The molecule has 0 N–H and O–H groups in total. The minimum absolute atomic E-state index is 0.0583. The molecule has 3 aromatic carbocycles. The van der Waals surface area contributed by atoms with E-state index in [-0.39, 0.29) is 38.0 Å². The minimum Gasteiger partial charge on any atom is -0.454 e. The van der Waals surface area contributed by atoms with Crippen LogP contribution in [0, 0.1) is 6.92 Å². The second-order valence-electron chi connectivity index (χ2n) is 8.63. The number of benzene rings is 3. The van der Waals surface area contributed by atoms with Gasteiger partial charge in [0.2, 0.25) is 6.79 Å². The van der Waals surface area contributed by atoms with E-state index in [0.29, 0.717) is 27.8 Å². The van der Waals surface area contributed by atoms with Gasteiger partial charge in [-0.2, -0.15) is 0 Å². The molecule has 7 nitrogen and oxygen atoms in total. The van der Waals surface area contributed by atoms with E-state index < -0.39 is 29.8 Å². The number of nitrogens with zero attached hydrogens (tertiary/aromatic N) is 2. The minimum atomic E-state index is -1.20. The third-order valence-electron chi connectivity index (χ3n) is 6.63. The Morgan fingerprint density at radius 2 is 1.35 bits per heavy atom. The Labute approximate surface area is 235 Å². The molecule has 0 radical (unpaired) electrons. The first-order valence-corrected chi connectivity index (χ1v) is 12.7. The zero-order valence-corrected chi connectivity index (χ0v) is 22.4. The van der Waals surface area contributed by atoms with Crippen molar-refractivity contribution >= 4 is 81.4 Å². The molecule has 0 spiro atoms. The lowest BCUT2D eigenvalue weighted by atomic mass is 9.85. The number of ether oxygens (including phenoxy) is 2. The first kappa shape index (κ1) is 24.6. The molecule has 2 atom stereocenters. The maximum atomic E-state index is 13.7. The van der Waals surface area contributed by atoms with E-state index in [0.717, 1.165) is 10.5 Å². The zero-order valence-electron chi connectivity index (χ0n) is 18.7. The zero-order chi connectivity index (χ0) is 26.3. The number of amides is 3. The van der Waals surface area contributed by atoms with Crippen LogP contribution in [0.2, 0.25) is 25.1 Å². The Kier molecular flexibility index (Phi) is 5.78. The van der Waals surface area contributed by atoms with Crippen LogP contribution in [0.3, 0.4) is 0 Å². The van der Waals surface area contributed by atoms with Crippen molar-refractivity contribution in [3.8, 4) is 11.5 Å². The largest absolute Gasteiger partial charge is 0.454 e. The molecular weight excluding hydrogens is 586 g/mol. The van der Waals surface area contributed by atoms with Crippen molar-refractivity contribution in [3.63, 3.8) is 0 Å². The predicted molar refractivity (Wildman–Crippen MR) is 140 cm³/mol. The fourth-order valence-electron chi connectivity index (χ4n) is 4.93. The van der Waals surface area contributed by atoms with Gasteiger partial charge in [-0.05, 0) is 48.4 Å². The lowest BCUT2D eigenvalue weighted by Crippen LogP contribution is -2.67. The molecule has 0 aromatic heterocycles. The van der Waals surface area contributed by atoms with Crippen molar-refractivity contribution in [1.29, 1.82) is 0 Å². The first-order valence-electron chi connectivity index (χ1n) is 10.8. The molecule has 2 unspecified atom stereocenters. The van der Waals surface area contributed by atoms with Crippen molar-refractivity contribution < 1.29 is 23.9 Å². The summed E-state index contributed by atoms with van der Waals surface area (Å²) in [5.74, 6) is -1.03. The van der Waals surface area contributed by atoms with Gasteiger partial charge < -0.3 is 14.4 Å². The van der Waals surface area contributed by atoms with Crippen molar-refractivity contribution in [1.82, 2.24) is 4.90 Å². The van der Waals surface area contributed by atoms with Crippen molar-refractivity contribution in [2.45, 2.75) is 19.0 Å². The van der Waals surface area contributed by atoms with E-state index in [2.05, 4.69) is 0 Å². The summed E-state index contributed by atoms with van der Waals surface area (Å²) in [6, 6.07) is 8.31. The Balaban J connectivity index is 1.49. The van der Waals surface area contributed by atoms with Crippen LogP contribution in [0.5, 0.6) is 11.5 Å². The molecule has 3 aliphatic rings. The Morgan fingerprint density at radius 3 is 1.97 bits per heavy atom. The van der Waals surface area contributed by atoms with Crippen LogP contribution >= 0.6 is 58.0 Å². The third-order valence-corrected chi connectivity index (χ3v) is 8.67. The fourth-order valence-corrected chi connectivity index (χ4v) is 6.17. The van der Waals surface area contributed by atoms with Crippen LogP contribution in [-0.2, 0) is 4.79 Å². The second-order valence-corrected chi connectivity index (χ2v) is 10.6. The van der Waals surface area contributed by atoms with Crippen molar-refractivity contribution in [2.24, 2.45) is 0 Å². The topological polar surface area (TPSA) is 76.2 Å².